The normalized spacial score (nSPS) is 28.3. The van der Waals surface area contributed by atoms with Crippen molar-refractivity contribution in [1.82, 2.24) is 19.5 Å². The Labute approximate surface area is 198 Å². The molecule has 34 heavy (non-hydrogen) atoms. The molecule has 0 aromatic carbocycles. The van der Waals surface area contributed by atoms with Crippen LogP contribution in [0.5, 0.6) is 0 Å². The van der Waals surface area contributed by atoms with Crippen LogP contribution >= 0.6 is 0 Å². The average Bonchev–Trinajstić information content (AvgIpc) is 3.43. The summed E-state index contributed by atoms with van der Waals surface area (Å²) in [6.45, 7) is 1.70. The van der Waals surface area contributed by atoms with Gasteiger partial charge in [0, 0.05) is 49.4 Å². The summed E-state index contributed by atoms with van der Waals surface area (Å²) in [5.74, 6) is 0.931. The summed E-state index contributed by atoms with van der Waals surface area (Å²) in [4.78, 5) is 22.6. The first kappa shape index (κ1) is 23.4. The van der Waals surface area contributed by atoms with Gasteiger partial charge in [0.25, 0.3) is 0 Å². The molecule has 186 valence electrons. The second-order valence-electron chi connectivity index (χ2n) is 10.0. The number of amides is 1. The topological polar surface area (TPSA) is 89.0 Å². The zero-order valence-electron chi connectivity index (χ0n) is 19.7. The summed E-state index contributed by atoms with van der Waals surface area (Å²) in [6, 6.07) is 2.10. The number of hydrogen-bond donors (Lipinski definition) is 1. The minimum absolute atomic E-state index is 0.0815. The Morgan fingerprint density at radius 1 is 1.15 bits per heavy atom. The Hall–Kier alpha value is -2.33. The van der Waals surface area contributed by atoms with Gasteiger partial charge in [0.05, 0.1) is 17.8 Å². The second-order valence-corrected chi connectivity index (χ2v) is 10.0. The Balaban J connectivity index is 1.33. The van der Waals surface area contributed by atoms with E-state index in [-0.39, 0.29) is 23.9 Å². The number of rotatable bonds is 5. The number of carbonyl (C=O) groups excluding carboxylic acids is 1. The van der Waals surface area contributed by atoms with Crippen molar-refractivity contribution in [3.05, 3.63) is 23.5 Å². The number of halogens is 2. The maximum Gasteiger partial charge on any atom is 0.345 e. The molecule has 1 amide bonds. The van der Waals surface area contributed by atoms with E-state index in [1.807, 2.05) is 28.6 Å². The van der Waals surface area contributed by atoms with Crippen molar-refractivity contribution in [3.8, 4) is 0 Å². The third-order valence-corrected chi connectivity index (χ3v) is 7.59. The summed E-state index contributed by atoms with van der Waals surface area (Å²) in [7, 11) is 0. The third-order valence-electron chi connectivity index (χ3n) is 7.59. The zero-order valence-corrected chi connectivity index (χ0v) is 19.7. The van der Waals surface area contributed by atoms with E-state index in [1.54, 1.807) is 0 Å². The second kappa shape index (κ2) is 9.73. The number of fused-ring (bicyclic) bond motifs is 1. The van der Waals surface area contributed by atoms with Crippen LogP contribution < -0.4 is 10.6 Å². The van der Waals surface area contributed by atoms with Gasteiger partial charge in [-0.2, -0.15) is 13.9 Å². The van der Waals surface area contributed by atoms with Crippen molar-refractivity contribution in [3.63, 3.8) is 0 Å². The number of ether oxygens (including phenoxy) is 1. The Kier molecular flexibility index (Phi) is 6.70. The standard InChI is InChI=1S/C24H34F2N6O2/c1-15-13-32-21(28-22(15)30-11-9-17(27)14-30)12-19(29-32)20-4-2-3-10-31(20)23(33)16-5-7-18(8-6-16)34-24(25)26/h12-13,16-18,20,24H,2-11,14,27H2,1H3/t16?,17-,18?,20-/m0/s1. The zero-order chi connectivity index (χ0) is 23.8. The molecular weight excluding hydrogens is 442 g/mol. The molecule has 2 saturated heterocycles. The van der Waals surface area contributed by atoms with Gasteiger partial charge >= 0.3 is 6.61 Å². The molecule has 2 aliphatic heterocycles. The monoisotopic (exact) mass is 476 g/mol. The first-order valence-corrected chi connectivity index (χ1v) is 12.5. The van der Waals surface area contributed by atoms with Crippen molar-refractivity contribution < 1.29 is 18.3 Å². The number of aryl methyl sites for hydroxylation is 1. The fourth-order valence-corrected chi connectivity index (χ4v) is 5.81. The number of piperidine rings is 1. The molecule has 4 heterocycles. The first-order valence-electron chi connectivity index (χ1n) is 12.5. The van der Waals surface area contributed by atoms with Crippen molar-refractivity contribution in [2.45, 2.75) is 83.1 Å². The van der Waals surface area contributed by atoms with E-state index in [9.17, 15) is 13.6 Å². The highest BCUT2D eigenvalue weighted by Crippen LogP contribution is 2.36. The van der Waals surface area contributed by atoms with Gasteiger partial charge in [0.15, 0.2) is 5.65 Å². The molecule has 0 bridgehead atoms. The van der Waals surface area contributed by atoms with E-state index in [4.69, 9.17) is 15.8 Å². The molecule has 3 fully saturated rings. The van der Waals surface area contributed by atoms with Crippen molar-refractivity contribution in [2.24, 2.45) is 11.7 Å². The molecule has 10 heteroatoms. The number of nitrogens with two attached hydrogens (primary N) is 1. The lowest BCUT2D eigenvalue weighted by molar-refractivity contribution is -0.173. The third kappa shape index (κ3) is 4.75. The van der Waals surface area contributed by atoms with Gasteiger partial charge in [-0.15, -0.1) is 0 Å². The molecule has 2 aromatic rings. The fourth-order valence-electron chi connectivity index (χ4n) is 5.81. The highest BCUT2D eigenvalue weighted by molar-refractivity contribution is 5.79. The SMILES string of the molecule is Cc1cn2nc([C@@H]3CCCCN3C(=O)C3CCC(OC(F)F)CC3)cc2nc1N1CC[C@H](N)C1. The number of nitrogens with zero attached hydrogens (tertiary/aromatic N) is 5. The highest BCUT2D eigenvalue weighted by Gasteiger charge is 2.36. The minimum atomic E-state index is -2.75. The number of alkyl halides is 2. The number of carbonyl (C=O) groups is 1. The highest BCUT2D eigenvalue weighted by atomic mass is 19.3. The van der Waals surface area contributed by atoms with Crippen LogP contribution in [0, 0.1) is 12.8 Å². The van der Waals surface area contributed by atoms with Gasteiger partial charge in [-0.05, 0) is 58.3 Å². The molecule has 2 aromatic heterocycles. The van der Waals surface area contributed by atoms with Crippen molar-refractivity contribution in [2.75, 3.05) is 24.5 Å². The van der Waals surface area contributed by atoms with Crippen LogP contribution in [0.1, 0.15) is 68.7 Å². The number of anilines is 1. The van der Waals surface area contributed by atoms with Crippen molar-refractivity contribution in [1.29, 1.82) is 0 Å². The average molecular weight is 477 g/mol. The molecule has 8 nitrogen and oxygen atoms in total. The molecule has 0 spiro atoms. The number of aromatic nitrogens is 3. The van der Waals surface area contributed by atoms with Crippen LogP contribution in [0.15, 0.2) is 12.3 Å². The Bertz CT molecular complexity index is 1020. The lowest BCUT2D eigenvalue weighted by Crippen LogP contribution is -2.43. The van der Waals surface area contributed by atoms with Gasteiger partial charge in [-0.3, -0.25) is 4.79 Å². The molecule has 2 N–H and O–H groups in total. The van der Waals surface area contributed by atoms with E-state index in [2.05, 4.69) is 9.64 Å². The van der Waals surface area contributed by atoms with Crippen LogP contribution in [0.25, 0.3) is 5.65 Å². The molecular formula is C24H34F2N6O2. The van der Waals surface area contributed by atoms with Crippen LogP contribution in [0.3, 0.4) is 0 Å². The van der Waals surface area contributed by atoms with E-state index in [0.717, 1.165) is 61.5 Å². The number of hydrogen-bond acceptors (Lipinski definition) is 6. The van der Waals surface area contributed by atoms with Gasteiger partial charge in [0.2, 0.25) is 5.91 Å². The first-order chi connectivity index (χ1) is 16.4. The quantitative estimate of drug-likeness (QED) is 0.711. The molecule has 0 unspecified atom stereocenters. The fraction of sp³-hybridized carbons (Fsp3) is 0.708. The smallest absolute Gasteiger partial charge is 0.345 e. The van der Waals surface area contributed by atoms with Crippen LogP contribution in [-0.4, -0.2) is 63.8 Å². The van der Waals surface area contributed by atoms with E-state index in [1.165, 1.54) is 0 Å². The molecule has 1 saturated carbocycles. The van der Waals surface area contributed by atoms with Crippen molar-refractivity contribution >= 4 is 17.4 Å². The summed E-state index contributed by atoms with van der Waals surface area (Å²) in [5.41, 5.74) is 8.79. The molecule has 3 aliphatic rings. The summed E-state index contributed by atoms with van der Waals surface area (Å²) in [5, 5.41) is 4.82. The van der Waals surface area contributed by atoms with Crippen LogP contribution in [0.4, 0.5) is 14.6 Å². The van der Waals surface area contributed by atoms with Crippen LogP contribution in [0.2, 0.25) is 0 Å². The Morgan fingerprint density at radius 2 is 1.94 bits per heavy atom. The maximum atomic E-state index is 13.5. The summed E-state index contributed by atoms with van der Waals surface area (Å²) in [6.07, 6.45) is 7.58. The Morgan fingerprint density at radius 3 is 2.65 bits per heavy atom. The lowest BCUT2D eigenvalue weighted by atomic mass is 9.85. The number of likely N-dealkylation sites (tertiary alicyclic amines) is 1. The lowest BCUT2D eigenvalue weighted by Gasteiger charge is -2.38. The summed E-state index contributed by atoms with van der Waals surface area (Å²) >= 11 is 0. The largest absolute Gasteiger partial charge is 0.355 e. The predicted octanol–water partition coefficient (Wildman–Crippen LogP) is 3.43. The van der Waals surface area contributed by atoms with Gasteiger partial charge in [0.1, 0.15) is 5.82 Å². The van der Waals surface area contributed by atoms with E-state index in [0.29, 0.717) is 32.2 Å². The van der Waals surface area contributed by atoms with Crippen LogP contribution in [-0.2, 0) is 9.53 Å². The predicted molar refractivity (Wildman–Crippen MR) is 124 cm³/mol. The maximum absolute atomic E-state index is 13.5. The molecule has 2 atom stereocenters. The van der Waals surface area contributed by atoms with Gasteiger partial charge in [-0.25, -0.2) is 9.50 Å². The summed E-state index contributed by atoms with van der Waals surface area (Å²) < 4.78 is 31.5. The van der Waals surface area contributed by atoms with Gasteiger partial charge in [-0.1, -0.05) is 0 Å². The minimum Gasteiger partial charge on any atom is -0.355 e. The van der Waals surface area contributed by atoms with Gasteiger partial charge < -0.3 is 20.3 Å². The molecule has 5 rings (SSSR count). The van der Waals surface area contributed by atoms with E-state index < -0.39 is 12.7 Å². The molecule has 0 radical (unpaired) electrons. The van der Waals surface area contributed by atoms with E-state index >= 15 is 0 Å². The molecule has 1 aliphatic carbocycles.